The summed E-state index contributed by atoms with van der Waals surface area (Å²) in [5.74, 6) is 0.466. The smallest absolute Gasteiger partial charge is 0.230 e. The van der Waals surface area contributed by atoms with Crippen LogP contribution >= 0.6 is 23.4 Å². The van der Waals surface area contributed by atoms with Gasteiger partial charge in [0.2, 0.25) is 5.91 Å². The number of benzene rings is 1. The van der Waals surface area contributed by atoms with E-state index in [0.717, 1.165) is 18.0 Å². The number of nitrogens with zero attached hydrogens (tertiary/aromatic N) is 1. The van der Waals surface area contributed by atoms with Gasteiger partial charge in [0.25, 0.3) is 0 Å². The van der Waals surface area contributed by atoms with Crippen molar-refractivity contribution in [3.8, 4) is 0 Å². The monoisotopic (exact) mass is 340 g/mol. The Balaban J connectivity index is 1.36. The Bertz CT molecular complexity index is 511. The molecule has 120 valence electrons. The molecule has 1 amide bonds. The standard InChI is InChI=1S/C16H21ClN2O2S/c17-12-3-5-15(6-4-12)22-11-16(20)18-8-14-9-19-7-1-2-13(19)10-21-14/h3-6,13-14H,1-2,7-11H2,(H,18,20)/t13-,14-/m0/s1. The van der Waals surface area contributed by atoms with Crippen LogP contribution in [0.3, 0.4) is 0 Å². The van der Waals surface area contributed by atoms with Crippen molar-refractivity contribution in [1.82, 2.24) is 10.2 Å². The number of hydrogen-bond donors (Lipinski definition) is 1. The van der Waals surface area contributed by atoms with Gasteiger partial charge in [0.15, 0.2) is 0 Å². The first-order chi connectivity index (χ1) is 10.7. The summed E-state index contributed by atoms with van der Waals surface area (Å²) in [6.07, 6.45) is 2.64. The summed E-state index contributed by atoms with van der Waals surface area (Å²) in [6, 6.07) is 8.14. The lowest BCUT2D eigenvalue weighted by Crippen LogP contribution is -2.50. The zero-order chi connectivity index (χ0) is 15.4. The zero-order valence-corrected chi connectivity index (χ0v) is 14.0. The highest BCUT2D eigenvalue weighted by atomic mass is 35.5. The van der Waals surface area contributed by atoms with Gasteiger partial charge in [-0.3, -0.25) is 9.69 Å². The molecule has 1 aromatic carbocycles. The number of rotatable bonds is 5. The van der Waals surface area contributed by atoms with Crippen LogP contribution < -0.4 is 5.32 Å². The Labute approximate surface area is 140 Å². The van der Waals surface area contributed by atoms with Crippen molar-refractivity contribution < 1.29 is 9.53 Å². The van der Waals surface area contributed by atoms with E-state index in [2.05, 4.69) is 10.2 Å². The van der Waals surface area contributed by atoms with Gasteiger partial charge >= 0.3 is 0 Å². The summed E-state index contributed by atoms with van der Waals surface area (Å²) in [5.41, 5.74) is 0. The van der Waals surface area contributed by atoms with Crippen molar-refractivity contribution in [2.24, 2.45) is 0 Å². The molecule has 0 bridgehead atoms. The van der Waals surface area contributed by atoms with Crippen LogP contribution in [0.2, 0.25) is 5.02 Å². The molecule has 2 atom stereocenters. The number of nitrogens with one attached hydrogen (secondary N) is 1. The van der Waals surface area contributed by atoms with Crippen molar-refractivity contribution in [1.29, 1.82) is 0 Å². The van der Waals surface area contributed by atoms with E-state index in [9.17, 15) is 4.79 Å². The van der Waals surface area contributed by atoms with Crippen LogP contribution in [-0.2, 0) is 9.53 Å². The molecule has 2 saturated heterocycles. The van der Waals surface area contributed by atoms with E-state index in [1.165, 1.54) is 31.1 Å². The molecular weight excluding hydrogens is 320 g/mol. The molecule has 0 radical (unpaired) electrons. The molecule has 0 saturated carbocycles. The fourth-order valence-electron chi connectivity index (χ4n) is 2.97. The minimum atomic E-state index is 0.0482. The molecule has 2 aliphatic rings. The number of hydrogen-bond acceptors (Lipinski definition) is 4. The molecule has 0 aliphatic carbocycles. The second-order valence-electron chi connectivity index (χ2n) is 5.79. The van der Waals surface area contributed by atoms with Crippen LogP contribution in [0.1, 0.15) is 12.8 Å². The predicted molar refractivity (Wildman–Crippen MR) is 89.5 cm³/mol. The number of fused-ring (bicyclic) bond motifs is 1. The lowest BCUT2D eigenvalue weighted by atomic mass is 10.2. The van der Waals surface area contributed by atoms with Crippen LogP contribution in [0.15, 0.2) is 29.2 Å². The Kier molecular flexibility index (Phi) is 5.63. The van der Waals surface area contributed by atoms with Gasteiger partial charge in [0.1, 0.15) is 0 Å². The molecule has 0 unspecified atom stereocenters. The number of thioether (sulfide) groups is 1. The average Bonchev–Trinajstić information content (AvgIpc) is 3.00. The lowest BCUT2D eigenvalue weighted by molar-refractivity contribution is -0.120. The van der Waals surface area contributed by atoms with E-state index in [1.807, 2.05) is 24.3 Å². The highest BCUT2D eigenvalue weighted by Gasteiger charge is 2.32. The minimum absolute atomic E-state index is 0.0482. The fraction of sp³-hybridized carbons (Fsp3) is 0.562. The normalized spacial score (nSPS) is 25.0. The molecule has 4 nitrogen and oxygen atoms in total. The summed E-state index contributed by atoms with van der Waals surface area (Å²) < 4.78 is 5.84. The number of morpholine rings is 1. The maximum Gasteiger partial charge on any atom is 0.230 e. The predicted octanol–water partition coefficient (Wildman–Crippen LogP) is 2.41. The van der Waals surface area contributed by atoms with Crippen molar-refractivity contribution in [3.63, 3.8) is 0 Å². The molecule has 0 spiro atoms. The first-order valence-electron chi connectivity index (χ1n) is 7.71. The van der Waals surface area contributed by atoms with Crippen LogP contribution in [0.5, 0.6) is 0 Å². The Hall–Kier alpha value is -0.750. The number of amides is 1. The molecule has 2 aliphatic heterocycles. The summed E-state index contributed by atoms with van der Waals surface area (Å²) in [4.78, 5) is 15.5. The van der Waals surface area contributed by atoms with Crippen molar-refractivity contribution in [2.75, 3.05) is 32.0 Å². The van der Waals surface area contributed by atoms with Gasteiger partial charge in [-0.25, -0.2) is 0 Å². The third-order valence-electron chi connectivity index (χ3n) is 4.17. The van der Waals surface area contributed by atoms with Crippen molar-refractivity contribution in [3.05, 3.63) is 29.3 Å². The van der Waals surface area contributed by atoms with Gasteiger partial charge in [-0.1, -0.05) is 11.6 Å². The van der Waals surface area contributed by atoms with Crippen molar-refractivity contribution >= 4 is 29.3 Å². The number of halogens is 1. The molecular formula is C16H21ClN2O2S. The molecule has 0 aromatic heterocycles. The van der Waals surface area contributed by atoms with E-state index < -0.39 is 0 Å². The van der Waals surface area contributed by atoms with Crippen LogP contribution in [0, 0.1) is 0 Å². The average molecular weight is 341 g/mol. The lowest BCUT2D eigenvalue weighted by Gasteiger charge is -2.35. The first-order valence-corrected chi connectivity index (χ1v) is 9.08. The minimum Gasteiger partial charge on any atom is -0.373 e. The molecule has 1 N–H and O–H groups in total. The third-order valence-corrected chi connectivity index (χ3v) is 5.44. The highest BCUT2D eigenvalue weighted by molar-refractivity contribution is 8.00. The SMILES string of the molecule is O=C(CSc1ccc(Cl)cc1)NC[C@H]1CN2CCC[C@H]2CO1. The van der Waals surface area contributed by atoms with E-state index in [-0.39, 0.29) is 12.0 Å². The van der Waals surface area contributed by atoms with Gasteiger partial charge in [-0.05, 0) is 43.7 Å². The van der Waals surface area contributed by atoms with Gasteiger partial charge < -0.3 is 10.1 Å². The van der Waals surface area contributed by atoms with Crippen LogP contribution in [0.4, 0.5) is 0 Å². The number of carbonyl (C=O) groups excluding carboxylic acids is 1. The van der Waals surface area contributed by atoms with E-state index in [4.69, 9.17) is 16.3 Å². The highest BCUT2D eigenvalue weighted by Crippen LogP contribution is 2.22. The Morgan fingerprint density at radius 1 is 1.41 bits per heavy atom. The summed E-state index contributed by atoms with van der Waals surface area (Å²) in [5, 5.41) is 3.69. The van der Waals surface area contributed by atoms with E-state index in [0.29, 0.717) is 23.4 Å². The largest absolute Gasteiger partial charge is 0.373 e. The molecule has 2 heterocycles. The third kappa shape index (κ3) is 4.38. The maximum absolute atomic E-state index is 11.9. The quantitative estimate of drug-likeness (QED) is 0.836. The van der Waals surface area contributed by atoms with Crippen LogP contribution in [0.25, 0.3) is 0 Å². The Morgan fingerprint density at radius 3 is 3.05 bits per heavy atom. The zero-order valence-electron chi connectivity index (χ0n) is 12.5. The van der Waals surface area contributed by atoms with Gasteiger partial charge in [0.05, 0.1) is 18.5 Å². The molecule has 6 heteroatoms. The fourth-order valence-corrected chi connectivity index (χ4v) is 3.82. The van der Waals surface area contributed by atoms with Crippen molar-refractivity contribution in [2.45, 2.75) is 29.9 Å². The molecule has 2 fully saturated rings. The Morgan fingerprint density at radius 2 is 2.23 bits per heavy atom. The molecule has 22 heavy (non-hydrogen) atoms. The van der Waals surface area contributed by atoms with E-state index >= 15 is 0 Å². The first kappa shape index (κ1) is 16.1. The van der Waals surface area contributed by atoms with Gasteiger partial charge in [-0.2, -0.15) is 0 Å². The summed E-state index contributed by atoms with van der Waals surface area (Å²) in [7, 11) is 0. The molecule has 3 rings (SSSR count). The number of ether oxygens (including phenoxy) is 1. The summed E-state index contributed by atoms with van der Waals surface area (Å²) >= 11 is 7.36. The van der Waals surface area contributed by atoms with Crippen LogP contribution in [-0.4, -0.2) is 54.9 Å². The molecule has 1 aromatic rings. The van der Waals surface area contributed by atoms with Gasteiger partial charge in [-0.15, -0.1) is 11.8 Å². The second-order valence-corrected chi connectivity index (χ2v) is 7.28. The topological polar surface area (TPSA) is 41.6 Å². The van der Waals surface area contributed by atoms with Gasteiger partial charge in [0, 0.05) is 29.0 Å². The van der Waals surface area contributed by atoms with E-state index in [1.54, 1.807) is 0 Å². The summed E-state index contributed by atoms with van der Waals surface area (Å²) in [6.45, 7) is 3.52. The number of carbonyl (C=O) groups is 1. The maximum atomic E-state index is 11.9. The second kappa shape index (κ2) is 7.68.